The van der Waals surface area contributed by atoms with Crippen molar-refractivity contribution in [3.63, 3.8) is 0 Å². The largest absolute Gasteiger partial charge is 0.354 e. The van der Waals surface area contributed by atoms with Crippen LogP contribution in [0.4, 0.5) is 4.39 Å². The summed E-state index contributed by atoms with van der Waals surface area (Å²) >= 11 is 0. The average Bonchev–Trinajstić information content (AvgIpc) is 3.06. The Labute approximate surface area is 205 Å². The molecule has 1 aromatic carbocycles. The molecule has 2 aromatic heterocycles. The third-order valence-corrected chi connectivity index (χ3v) is 7.48. The van der Waals surface area contributed by atoms with Crippen LogP contribution >= 0.6 is 0 Å². The number of carbonyl (C=O) groups is 1. The first kappa shape index (κ1) is 25.1. The smallest absolute Gasteiger partial charge is 0.276 e. The minimum Gasteiger partial charge on any atom is -0.354 e. The van der Waals surface area contributed by atoms with Crippen molar-refractivity contribution < 1.29 is 9.18 Å². The van der Waals surface area contributed by atoms with Crippen LogP contribution in [0.1, 0.15) is 56.5 Å². The van der Waals surface area contributed by atoms with Gasteiger partial charge in [-0.05, 0) is 53.0 Å². The molecule has 0 aliphatic carbocycles. The number of hydrogen-bond acceptors (Lipinski definition) is 4. The Morgan fingerprint density at radius 1 is 1.14 bits per heavy atom. The van der Waals surface area contributed by atoms with Crippen LogP contribution in [0.5, 0.6) is 0 Å². The number of benzene rings is 1. The molecule has 0 saturated carbocycles. The molecule has 188 valence electrons. The van der Waals surface area contributed by atoms with Crippen molar-refractivity contribution in [2.75, 3.05) is 13.1 Å². The summed E-state index contributed by atoms with van der Waals surface area (Å²) in [4.78, 5) is 28.3. The van der Waals surface area contributed by atoms with Crippen LogP contribution in [0.15, 0.2) is 35.3 Å². The molecule has 0 bridgehead atoms. The fourth-order valence-electron chi connectivity index (χ4n) is 5.39. The summed E-state index contributed by atoms with van der Waals surface area (Å²) in [5, 5.41) is 8.44. The molecule has 35 heavy (non-hydrogen) atoms. The summed E-state index contributed by atoms with van der Waals surface area (Å²) in [6.45, 7) is 10.0. The number of piperidine rings is 1. The second kappa shape index (κ2) is 10.7. The number of halogens is 1. The zero-order valence-corrected chi connectivity index (χ0v) is 21.2. The molecule has 1 saturated heterocycles. The number of nitrogens with zero attached hydrogens (tertiary/aromatic N) is 4. The Morgan fingerprint density at radius 2 is 1.86 bits per heavy atom. The van der Waals surface area contributed by atoms with Crippen LogP contribution in [0, 0.1) is 19.7 Å². The lowest BCUT2D eigenvalue weighted by atomic mass is 9.97. The van der Waals surface area contributed by atoms with Gasteiger partial charge >= 0.3 is 0 Å². The van der Waals surface area contributed by atoms with Crippen LogP contribution in [0.2, 0.25) is 0 Å². The van der Waals surface area contributed by atoms with Crippen molar-refractivity contribution in [2.45, 2.75) is 78.6 Å². The van der Waals surface area contributed by atoms with E-state index >= 15 is 0 Å². The van der Waals surface area contributed by atoms with Crippen LogP contribution in [-0.4, -0.2) is 50.3 Å². The van der Waals surface area contributed by atoms with E-state index in [0.717, 1.165) is 29.7 Å². The highest BCUT2D eigenvalue weighted by Gasteiger charge is 2.24. The van der Waals surface area contributed by atoms with Crippen molar-refractivity contribution in [1.29, 1.82) is 0 Å². The van der Waals surface area contributed by atoms with Crippen LogP contribution in [0.3, 0.4) is 0 Å². The molecule has 1 aliphatic rings. The number of aromatic nitrogens is 3. The molecule has 8 heteroatoms. The van der Waals surface area contributed by atoms with Gasteiger partial charge in [-0.25, -0.2) is 9.07 Å². The lowest BCUT2D eigenvalue weighted by Crippen LogP contribution is -2.45. The quantitative estimate of drug-likeness (QED) is 0.497. The van der Waals surface area contributed by atoms with E-state index in [1.54, 1.807) is 24.4 Å². The van der Waals surface area contributed by atoms with Crippen molar-refractivity contribution in [3.8, 4) is 0 Å². The highest BCUT2D eigenvalue weighted by Crippen LogP contribution is 2.24. The standard InChI is InChI=1S/C27H36FN5O2/c1-18-9-7-10-19(2)31(18)14-8-13-29-25(34)17-33-27(35)26-21(4)32(20(3)23(26)15-30-33)16-22-11-5-6-12-24(22)28/h5-6,11-12,15,18-19H,7-10,13-14,16-17H2,1-4H3,(H,29,34)/t18-,19+. The van der Waals surface area contributed by atoms with E-state index < -0.39 is 0 Å². The maximum atomic E-state index is 14.2. The summed E-state index contributed by atoms with van der Waals surface area (Å²) in [5.41, 5.74) is 1.84. The Bertz CT molecular complexity index is 1250. The molecule has 3 heterocycles. The summed E-state index contributed by atoms with van der Waals surface area (Å²) in [7, 11) is 0. The van der Waals surface area contributed by atoms with Crippen molar-refractivity contribution in [2.24, 2.45) is 0 Å². The number of likely N-dealkylation sites (tertiary alicyclic amines) is 1. The number of fused-ring (bicyclic) bond motifs is 1. The number of rotatable bonds is 8. The number of carbonyl (C=O) groups excluding carboxylic acids is 1. The van der Waals surface area contributed by atoms with E-state index in [-0.39, 0.29) is 23.8 Å². The fraction of sp³-hybridized carbons (Fsp3) is 0.519. The molecule has 1 amide bonds. The molecule has 0 spiro atoms. The van der Waals surface area contributed by atoms with Crippen LogP contribution in [-0.2, 0) is 17.9 Å². The first-order chi connectivity index (χ1) is 16.8. The summed E-state index contributed by atoms with van der Waals surface area (Å²) < 4.78 is 17.4. The SMILES string of the molecule is Cc1c2cnn(CC(=O)NCCCN3[C@H](C)CCC[C@@H]3C)c(=O)c2c(C)n1Cc1ccccc1F. The Kier molecular flexibility index (Phi) is 7.69. The third-order valence-electron chi connectivity index (χ3n) is 7.48. The maximum absolute atomic E-state index is 14.2. The van der Waals surface area contributed by atoms with E-state index in [0.29, 0.717) is 36.1 Å². The van der Waals surface area contributed by atoms with Gasteiger partial charge in [-0.2, -0.15) is 5.10 Å². The third kappa shape index (κ3) is 5.32. The van der Waals surface area contributed by atoms with Gasteiger partial charge in [-0.1, -0.05) is 24.6 Å². The van der Waals surface area contributed by atoms with E-state index in [1.807, 2.05) is 18.4 Å². The van der Waals surface area contributed by atoms with Crippen molar-refractivity contribution in [3.05, 3.63) is 63.6 Å². The number of amides is 1. The zero-order valence-electron chi connectivity index (χ0n) is 21.2. The summed E-state index contributed by atoms with van der Waals surface area (Å²) in [6, 6.07) is 7.80. The average molecular weight is 482 g/mol. The lowest BCUT2D eigenvalue weighted by Gasteiger charge is -2.39. The van der Waals surface area contributed by atoms with E-state index in [2.05, 4.69) is 29.2 Å². The first-order valence-electron chi connectivity index (χ1n) is 12.6. The molecule has 0 radical (unpaired) electrons. The van der Waals surface area contributed by atoms with E-state index in [4.69, 9.17) is 0 Å². The molecular formula is C27H36FN5O2. The lowest BCUT2D eigenvalue weighted by molar-refractivity contribution is -0.121. The summed E-state index contributed by atoms with van der Waals surface area (Å²) in [6.07, 6.45) is 6.25. The molecule has 7 nitrogen and oxygen atoms in total. The zero-order chi connectivity index (χ0) is 25.1. The van der Waals surface area contributed by atoms with Gasteiger partial charge in [0, 0.05) is 47.5 Å². The second-order valence-electron chi connectivity index (χ2n) is 9.81. The predicted octanol–water partition coefficient (Wildman–Crippen LogP) is 3.77. The molecule has 1 aliphatic heterocycles. The number of nitrogens with one attached hydrogen (secondary N) is 1. The molecule has 2 atom stereocenters. The van der Waals surface area contributed by atoms with E-state index in [1.165, 1.54) is 30.0 Å². The van der Waals surface area contributed by atoms with Gasteiger partial charge in [0.2, 0.25) is 5.91 Å². The maximum Gasteiger partial charge on any atom is 0.276 e. The van der Waals surface area contributed by atoms with Gasteiger partial charge in [0.15, 0.2) is 0 Å². The highest BCUT2D eigenvalue weighted by atomic mass is 19.1. The normalized spacial score (nSPS) is 18.8. The topological polar surface area (TPSA) is 72.2 Å². The monoisotopic (exact) mass is 481 g/mol. The van der Waals surface area contributed by atoms with Gasteiger partial charge in [0.1, 0.15) is 12.4 Å². The molecular weight excluding hydrogens is 445 g/mol. The molecule has 0 unspecified atom stereocenters. The Hall–Kier alpha value is -3.00. The second-order valence-corrected chi connectivity index (χ2v) is 9.81. The number of aryl methyl sites for hydroxylation is 2. The van der Waals surface area contributed by atoms with Crippen LogP contribution < -0.4 is 10.9 Å². The van der Waals surface area contributed by atoms with Gasteiger partial charge in [-0.15, -0.1) is 0 Å². The fourth-order valence-corrected chi connectivity index (χ4v) is 5.39. The Balaban J connectivity index is 1.42. The van der Waals surface area contributed by atoms with Gasteiger partial charge in [-0.3, -0.25) is 14.5 Å². The molecule has 1 N–H and O–H groups in total. The van der Waals surface area contributed by atoms with Crippen molar-refractivity contribution in [1.82, 2.24) is 24.6 Å². The number of hydrogen-bond donors (Lipinski definition) is 1. The molecule has 1 fully saturated rings. The minimum absolute atomic E-state index is 0.123. The van der Waals surface area contributed by atoms with Gasteiger partial charge in [0.25, 0.3) is 5.56 Å². The van der Waals surface area contributed by atoms with Crippen LogP contribution in [0.25, 0.3) is 10.8 Å². The van der Waals surface area contributed by atoms with E-state index in [9.17, 15) is 14.0 Å². The Morgan fingerprint density at radius 3 is 2.57 bits per heavy atom. The minimum atomic E-state index is -0.304. The molecule has 4 rings (SSSR count). The first-order valence-corrected chi connectivity index (χ1v) is 12.6. The summed E-state index contributed by atoms with van der Waals surface area (Å²) in [5.74, 6) is -0.501. The van der Waals surface area contributed by atoms with Gasteiger partial charge in [0.05, 0.1) is 18.1 Å². The predicted molar refractivity (Wildman–Crippen MR) is 136 cm³/mol. The highest BCUT2D eigenvalue weighted by molar-refractivity contribution is 5.87. The van der Waals surface area contributed by atoms with Crippen molar-refractivity contribution >= 4 is 16.7 Å². The molecule has 3 aromatic rings. The van der Waals surface area contributed by atoms with Gasteiger partial charge < -0.3 is 9.88 Å².